The summed E-state index contributed by atoms with van der Waals surface area (Å²) in [5, 5.41) is 2.46. The van der Waals surface area contributed by atoms with Crippen LogP contribution in [-0.2, 0) is 15.7 Å². The molecule has 1 amide bonds. The van der Waals surface area contributed by atoms with Gasteiger partial charge in [0.1, 0.15) is 11.5 Å². The van der Waals surface area contributed by atoms with Gasteiger partial charge in [-0.1, -0.05) is 0 Å². The van der Waals surface area contributed by atoms with Gasteiger partial charge in [0.05, 0.1) is 19.1 Å². The van der Waals surface area contributed by atoms with Crippen LogP contribution < -0.4 is 11.1 Å². The molecular weight excluding hydrogens is 279 g/mol. The second-order valence-corrected chi connectivity index (χ2v) is 3.71. The van der Waals surface area contributed by atoms with Gasteiger partial charge in [-0.3, -0.25) is 9.59 Å². The Kier molecular flexibility index (Phi) is 4.89. The Balaban J connectivity index is 2.95. The average molecular weight is 291 g/mol. The summed E-state index contributed by atoms with van der Waals surface area (Å²) < 4.78 is 41.9. The smallest absolute Gasteiger partial charge is 0.433 e. The molecule has 3 N–H and O–H groups in total. The van der Waals surface area contributed by atoms with Gasteiger partial charge >= 0.3 is 12.1 Å². The van der Waals surface area contributed by atoms with Crippen LogP contribution in [0.25, 0.3) is 0 Å². The van der Waals surface area contributed by atoms with E-state index in [4.69, 9.17) is 5.73 Å². The van der Waals surface area contributed by atoms with E-state index in [1.165, 1.54) is 7.11 Å². The van der Waals surface area contributed by atoms with Crippen LogP contribution >= 0.6 is 0 Å². The molecule has 0 aliphatic rings. The number of alkyl halides is 3. The van der Waals surface area contributed by atoms with Crippen LogP contribution in [0.15, 0.2) is 12.1 Å². The van der Waals surface area contributed by atoms with Gasteiger partial charge < -0.3 is 15.8 Å². The first-order valence-corrected chi connectivity index (χ1v) is 5.44. The Morgan fingerprint density at radius 3 is 2.55 bits per heavy atom. The Hall–Kier alpha value is -2.32. The van der Waals surface area contributed by atoms with E-state index in [1.54, 1.807) is 0 Å². The first-order valence-electron chi connectivity index (χ1n) is 5.44. The van der Waals surface area contributed by atoms with E-state index < -0.39 is 23.7 Å². The Labute approximate surface area is 112 Å². The molecule has 1 aromatic rings. The number of pyridine rings is 1. The van der Waals surface area contributed by atoms with E-state index in [1.807, 2.05) is 0 Å². The number of carbonyl (C=O) groups excluding carboxylic acids is 2. The third kappa shape index (κ3) is 4.11. The molecule has 9 heteroatoms. The number of rotatable bonds is 5. The number of amides is 1. The number of hydrogen-bond donors (Lipinski definition) is 2. The monoisotopic (exact) mass is 291 g/mol. The molecule has 0 aliphatic heterocycles. The van der Waals surface area contributed by atoms with Crippen molar-refractivity contribution >= 4 is 17.7 Å². The summed E-state index contributed by atoms with van der Waals surface area (Å²) in [5.41, 5.74) is 3.68. The fourth-order valence-electron chi connectivity index (χ4n) is 1.34. The number of esters is 1. The number of hydrogen-bond acceptors (Lipinski definition) is 5. The number of carbonyl (C=O) groups is 2. The highest BCUT2D eigenvalue weighted by atomic mass is 19.4. The second kappa shape index (κ2) is 6.22. The zero-order valence-corrected chi connectivity index (χ0v) is 10.5. The van der Waals surface area contributed by atoms with Crippen LogP contribution in [0.1, 0.15) is 22.5 Å². The number of methoxy groups -OCH3 is 1. The van der Waals surface area contributed by atoms with Gasteiger partial charge in [0.2, 0.25) is 0 Å². The van der Waals surface area contributed by atoms with E-state index in [-0.39, 0.29) is 24.3 Å². The van der Waals surface area contributed by atoms with E-state index in [9.17, 15) is 22.8 Å². The molecule has 0 radical (unpaired) electrons. The molecule has 0 fully saturated rings. The molecule has 0 aliphatic carbocycles. The summed E-state index contributed by atoms with van der Waals surface area (Å²) in [5.74, 6) is -1.80. The molecule has 0 bridgehead atoms. The lowest BCUT2D eigenvalue weighted by Crippen LogP contribution is -2.19. The number of ether oxygens (including phenoxy) is 1. The number of halogens is 3. The molecule has 0 saturated carbocycles. The Morgan fingerprint density at radius 1 is 1.40 bits per heavy atom. The topological polar surface area (TPSA) is 94.3 Å². The molecule has 0 atom stereocenters. The third-order valence-electron chi connectivity index (χ3n) is 2.30. The molecule has 1 rings (SSSR count). The first-order chi connectivity index (χ1) is 9.25. The molecule has 6 nitrogen and oxygen atoms in total. The molecule has 0 aromatic carbocycles. The fraction of sp³-hybridized carbons (Fsp3) is 0.364. The van der Waals surface area contributed by atoms with Crippen LogP contribution in [0.4, 0.5) is 19.0 Å². The van der Waals surface area contributed by atoms with Gasteiger partial charge in [-0.15, -0.1) is 0 Å². The van der Waals surface area contributed by atoms with Crippen molar-refractivity contribution in [2.75, 3.05) is 19.0 Å². The predicted molar refractivity (Wildman–Crippen MR) is 62.9 cm³/mol. The fourth-order valence-corrected chi connectivity index (χ4v) is 1.34. The van der Waals surface area contributed by atoms with Gasteiger partial charge in [-0.25, -0.2) is 4.98 Å². The second-order valence-electron chi connectivity index (χ2n) is 3.71. The SMILES string of the molecule is COC(=O)CCNc1nc(C(F)(F)F)ccc1C(N)=O. The Morgan fingerprint density at radius 2 is 2.05 bits per heavy atom. The molecule has 1 heterocycles. The summed E-state index contributed by atoms with van der Waals surface area (Å²) in [7, 11) is 1.18. The number of nitrogens with zero attached hydrogens (tertiary/aromatic N) is 1. The van der Waals surface area contributed by atoms with Crippen LogP contribution in [0.3, 0.4) is 0 Å². The maximum atomic E-state index is 12.5. The van der Waals surface area contributed by atoms with Crippen molar-refractivity contribution in [2.45, 2.75) is 12.6 Å². The van der Waals surface area contributed by atoms with Crippen molar-refractivity contribution in [1.82, 2.24) is 4.98 Å². The van der Waals surface area contributed by atoms with Crippen molar-refractivity contribution in [3.05, 3.63) is 23.4 Å². The van der Waals surface area contributed by atoms with E-state index >= 15 is 0 Å². The van der Waals surface area contributed by atoms with Crippen molar-refractivity contribution in [1.29, 1.82) is 0 Å². The number of aromatic nitrogens is 1. The minimum absolute atomic E-state index is 0.0404. The molecular formula is C11H12F3N3O3. The maximum Gasteiger partial charge on any atom is 0.433 e. The van der Waals surface area contributed by atoms with Gasteiger partial charge in [0.25, 0.3) is 5.91 Å². The predicted octanol–water partition coefficient (Wildman–Crippen LogP) is 1.17. The maximum absolute atomic E-state index is 12.5. The number of nitrogens with one attached hydrogen (secondary N) is 1. The normalized spacial score (nSPS) is 11.0. The summed E-state index contributed by atoms with van der Waals surface area (Å²) in [6.07, 6.45) is -4.73. The zero-order valence-electron chi connectivity index (χ0n) is 10.5. The lowest BCUT2D eigenvalue weighted by atomic mass is 10.2. The zero-order chi connectivity index (χ0) is 15.3. The highest BCUT2D eigenvalue weighted by Gasteiger charge is 2.33. The van der Waals surface area contributed by atoms with Gasteiger partial charge in [0, 0.05) is 6.54 Å². The summed E-state index contributed by atoms with van der Waals surface area (Å²) in [6, 6.07) is 1.59. The minimum atomic E-state index is -4.64. The minimum Gasteiger partial charge on any atom is -0.469 e. The summed E-state index contributed by atoms with van der Waals surface area (Å²) >= 11 is 0. The van der Waals surface area contributed by atoms with Crippen LogP contribution in [0, 0.1) is 0 Å². The van der Waals surface area contributed by atoms with Gasteiger partial charge in [-0.05, 0) is 12.1 Å². The average Bonchev–Trinajstić information content (AvgIpc) is 2.37. The van der Waals surface area contributed by atoms with Crippen LogP contribution in [-0.4, -0.2) is 30.5 Å². The quantitative estimate of drug-likeness (QED) is 0.794. The van der Waals surface area contributed by atoms with Gasteiger partial charge in [0.15, 0.2) is 0 Å². The first kappa shape index (κ1) is 15.7. The molecule has 110 valence electrons. The number of anilines is 1. The number of nitrogens with two attached hydrogens (primary N) is 1. The summed E-state index contributed by atoms with van der Waals surface area (Å²) in [4.78, 5) is 25.3. The number of primary amides is 1. The third-order valence-corrected chi connectivity index (χ3v) is 2.30. The van der Waals surface area contributed by atoms with Crippen molar-refractivity contribution in [3.63, 3.8) is 0 Å². The molecule has 1 aromatic heterocycles. The lowest BCUT2D eigenvalue weighted by molar-refractivity contribution is -0.141. The molecule has 0 saturated heterocycles. The van der Waals surface area contributed by atoms with Crippen molar-refractivity contribution in [3.8, 4) is 0 Å². The Bertz CT molecular complexity index is 517. The van der Waals surface area contributed by atoms with Crippen LogP contribution in [0.2, 0.25) is 0 Å². The molecule has 20 heavy (non-hydrogen) atoms. The lowest BCUT2D eigenvalue weighted by Gasteiger charge is -2.12. The highest BCUT2D eigenvalue weighted by Crippen LogP contribution is 2.29. The van der Waals surface area contributed by atoms with Crippen LogP contribution in [0.5, 0.6) is 0 Å². The van der Waals surface area contributed by atoms with Gasteiger partial charge in [-0.2, -0.15) is 13.2 Å². The van der Waals surface area contributed by atoms with E-state index in [2.05, 4.69) is 15.0 Å². The largest absolute Gasteiger partial charge is 0.469 e. The molecule has 0 spiro atoms. The van der Waals surface area contributed by atoms with E-state index in [0.29, 0.717) is 6.07 Å². The van der Waals surface area contributed by atoms with Crippen molar-refractivity contribution < 1.29 is 27.5 Å². The van der Waals surface area contributed by atoms with Crippen molar-refractivity contribution in [2.24, 2.45) is 5.73 Å². The standard InChI is InChI=1S/C11H12F3N3O3/c1-20-8(18)4-5-16-10-6(9(15)19)2-3-7(17-10)11(12,13)14/h2-3H,4-5H2,1H3,(H2,15,19)(H,16,17). The molecule has 0 unspecified atom stereocenters. The highest BCUT2D eigenvalue weighted by molar-refractivity contribution is 5.97. The van der Waals surface area contributed by atoms with E-state index in [0.717, 1.165) is 6.07 Å². The summed E-state index contributed by atoms with van der Waals surface area (Å²) in [6.45, 7) is -0.0404.